The second-order valence-corrected chi connectivity index (χ2v) is 21.7. The number of phenolic OH excluding ortho intramolecular Hbond substituents is 1. The predicted octanol–water partition coefficient (Wildman–Crippen LogP) is 16.7. The molecule has 0 aliphatic carbocycles. The summed E-state index contributed by atoms with van der Waals surface area (Å²) in [5.41, 5.74) is 16.0. The van der Waals surface area contributed by atoms with Crippen molar-refractivity contribution in [3.63, 3.8) is 0 Å². The first-order chi connectivity index (χ1) is 33.0. The van der Waals surface area contributed by atoms with Gasteiger partial charge in [0.2, 0.25) is 0 Å². The molecule has 3 aromatic heterocycles. The molecule has 0 aliphatic rings. The van der Waals surface area contributed by atoms with E-state index in [0.29, 0.717) is 11.4 Å². The zero-order chi connectivity index (χ0) is 48.0. The fourth-order valence-corrected chi connectivity index (χ4v) is 9.89. The molecule has 11 aromatic rings. The molecular formula is C64H57N4OPt-. The van der Waals surface area contributed by atoms with Gasteiger partial charge < -0.3 is 9.67 Å². The molecule has 0 bridgehead atoms. The molecule has 1 N–H and O–H groups in total. The molecule has 8 aromatic carbocycles. The molecule has 0 atom stereocenters. The number of nitrogens with zero attached hydrogens (tertiary/aromatic N) is 4. The number of aromatic hydroxyl groups is 1. The van der Waals surface area contributed by atoms with Crippen LogP contribution in [-0.4, -0.2) is 24.2 Å². The van der Waals surface area contributed by atoms with E-state index in [1.54, 1.807) is 6.07 Å². The van der Waals surface area contributed by atoms with Crippen LogP contribution in [0, 0.1) is 6.07 Å². The van der Waals surface area contributed by atoms with Crippen molar-refractivity contribution in [3.8, 4) is 62.0 Å². The fourth-order valence-electron chi connectivity index (χ4n) is 9.89. The molecule has 3 heterocycles. The minimum atomic E-state index is -0.187. The topological polar surface area (TPSA) is 55.9 Å². The molecule has 0 fully saturated rings. The van der Waals surface area contributed by atoms with Gasteiger partial charge in [0.05, 0.1) is 27.6 Å². The van der Waals surface area contributed by atoms with Gasteiger partial charge in [-0.1, -0.05) is 177 Å². The summed E-state index contributed by atoms with van der Waals surface area (Å²) in [5, 5.41) is 16.3. The zero-order valence-electron chi connectivity index (χ0n) is 41.3. The number of para-hydroxylation sites is 4. The molecule has 0 saturated carbocycles. The van der Waals surface area contributed by atoms with Gasteiger partial charge in [-0.05, 0) is 98.3 Å². The number of imidazole rings is 1. The largest absolute Gasteiger partial charge is 0.507 e. The third-order valence-electron chi connectivity index (χ3n) is 13.8. The number of hydrogen-bond donors (Lipinski definition) is 1. The van der Waals surface area contributed by atoms with Gasteiger partial charge in [0.15, 0.2) is 0 Å². The van der Waals surface area contributed by atoms with Crippen molar-refractivity contribution in [3.05, 3.63) is 199 Å². The van der Waals surface area contributed by atoms with E-state index in [1.165, 1.54) is 43.8 Å². The minimum Gasteiger partial charge on any atom is -0.507 e. The van der Waals surface area contributed by atoms with Crippen molar-refractivity contribution in [2.75, 3.05) is 0 Å². The molecular weight excluding hydrogens is 1040 g/mol. The first-order valence-corrected chi connectivity index (χ1v) is 24.0. The molecule has 5 nitrogen and oxygen atoms in total. The maximum Gasteiger partial charge on any atom is 0.148 e. The molecule has 350 valence electrons. The smallest absolute Gasteiger partial charge is 0.148 e. The number of pyridine rings is 1. The van der Waals surface area contributed by atoms with E-state index in [9.17, 15) is 5.11 Å². The number of fused-ring (bicyclic) bond motifs is 5. The van der Waals surface area contributed by atoms with Gasteiger partial charge in [-0.15, -0.1) is 29.3 Å². The van der Waals surface area contributed by atoms with Crippen LogP contribution in [0.1, 0.15) is 79.0 Å². The molecule has 70 heavy (non-hydrogen) atoms. The standard InChI is InChI=1S/C64H57N4O.Pt/c1-62(2,3)45-33-43(50-22-17-26-57-59(50)66-61(54-21-13-15-27-58(54)69)68(57)49-38-46(63(4,5)6)37-47(39-49)64(7,8)9)32-44(34-45)55-36-42(30-31-65-55)51-23-16-24-53-52-20-12-14-25-56(52)67(60(51)53)48-29-28-40-18-10-11-19-41(40)35-48;/h10-31,33-39,69H,1-9H3;/q-1;. The molecule has 6 heteroatoms. The van der Waals surface area contributed by atoms with Crippen LogP contribution in [0.15, 0.2) is 176 Å². The normalized spacial score (nSPS) is 12.3. The maximum atomic E-state index is 11.4. The van der Waals surface area contributed by atoms with Gasteiger partial charge in [0, 0.05) is 60.7 Å². The number of rotatable bonds is 6. The van der Waals surface area contributed by atoms with Crippen LogP contribution in [0.5, 0.6) is 5.75 Å². The second-order valence-electron chi connectivity index (χ2n) is 21.7. The van der Waals surface area contributed by atoms with E-state index >= 15 is 0 Å². The molecule has 0 radical (unpaired) electrons. The van der Waals surface area contributed by atoms with Crippen LogP contribution >= 0.6 is 0 Å². The van der Waals surface area contributed by atoms with Gasteiger partial charge in [-0.3, -0.25) is 9.55 Å². The van der Waals surface area contributed by atoms with E-state index in [0.717, 1.165) is 61.4 Å². The third-order valence-corrected chi connectivity index (χ3v) is 13.8. The molecule has 0 spiro atoms. The molecule has 0 unspecified atom stereocenters. The molecule has 0 saturated heterocycles. The van der Waals surface area contributed by atoms with Crippen molar-refractivity contribution in [2.45, 2.75) is 78.6 Å². The van der Waals surface area contributed by atoms with Crippen LogP contribution in [0.3, 0.4) is 0 Å². The van der Waals surface area contributed by atoms with Crippen LogP contribution in [0.4, 0.5) is 0 Å². The van der Waals surface area contributed by atoms with Gasteiger partial charge >= 0.3 is 0 Å². The Labute approximate surface area is 425 Å². The van der Waals surface area contributed by atoms with Crippen molar-refractivity contribution in [2.24, 2.45) is 0 Å². The Kier molecular flexibility index (Phi) is 11.6. The van der Waals surface area contributed by atoms with E-state index in [2.05, 4.69) is 223 Å². The Morgan fingerprint density at radius 3 is 1.81 bits per heavy atom. The van der Waals surface area contributed by atoms with Gasteiger partial charge in [0.25, 0.3) is 0 Å². The summed E-state index contributed by atoms with van der Waals surface area (Å²) in [7, 11) is 0. The maximum absolute atomic E-state index is 11.4. The van der Waals surface area contributed by atoms with Crippen molar-refractivity contribution < 1.29 is 26.2 Å². The number of hydrogen-bond acceptors (Lipinski definition) is 3. The summed E-state index contributed by atoms with van der Waals surface area (Å²) in [6, 6.07) is 64.3. The second kappa shape index (κ2) is 17.4. The van der Waals surface area contributed by atoms with Crippen molar-refractivity contribution in [1.29, 1.82) is 0 Å². The summed E-state index contributed by atoms with van der Waals surface area (Å²) >= 11 is 0. The Morgan fingerprint density at radius 2 is 1.07 bits per heavy atom. The Bertz CT molecular complexity index is 3780. The predicted molar refractivity (Wildman–Crippen MR) is 289 cm³/mol. The van der Waals surface area contributed by atoms with Crippen LogP contribution in [0.25, 0.3) is 99.9 Å². The van der Waals surface area contributed by atoms with Crippen LogP contribution < -0.4 is 0 Å². The van der Waals surface area contributed by atoms with Crippen molar-refractivity contribution >= 4 is 43.6 Å². The number of benzene rings is 8. The third kappa shape index (κ3) is 8.24. The monoisotopic (exact) mass is 1090 g/mol. The first kappa shape index (κ1) is 46.6. The summed E-state index contributed by atoms with van der Waals surface area (Å²) < 4.78 is 4.65. The Morgan fingerprint density at radius 1 is 0.471 bits per heavy atom. The van der Waals surface area contributed by atoms with Crippen LogP contribution in [-0.2, 0) is 37.3 Å². The van der Waals surface area contributed by atoms with E-state index in [4.69, 9.17) is 9.97 Å². The number of phenols is 1. The Hall–Kier alpha value is -7.07. The summed E-state index contributed by atoms with van der Waals surface area (Å²) in [5.74, 6) is 0.861. The van der Waals surface area contributed by atoms with E-state index < -0.39 is 0 Å². The quantitative estimate of drug-likeness (QED) is 0.169. The van der Waals surface area contributed by atoms with Gasteiger partial charge in [-0.2, -0.15) is 0 Å². The minimum absolute atomic E-state index is 0. The average molecular weight is 1090 g/mol. The fraction of sp³-hybridized carbons (Fsp3) is 0.188. The van der Waals surface area contributed by atoms with Gasteiger partial charge in [0.1, 0.15) is 11.6 Å². The first-order valence-electron chi connectivity index (χ1n) is 24.0. The molecule has 0 amide bonds. The summed E-state index contributed by atoms with van der Waals surface area (Å²) in [6.45, 7) is 20.3. The van der Waals surface area contributed by atoms with E-state index in [1.807, 2.05) is 24.4 Å². The van der Waals surface area contributed by atoms with Crippen molar-refractivity contribution in [1.82, 2.24) is 19.1 Å². The van der Waals surface area contributed by atoms with Crippen LogP contribution in [0.2, 0.25) is 0 Å². The SMILES string of the molecule is CC(C)(C)c1cc(-c2cc(-c3cccc4c5ccccc5n(-c5ccc6ccccc6c5)c34)ccn2)[c-]c(-c2cccc3c2nc(-c2ccccc2O)n3-c2cc(C(C)(C)C)cc(C(C)(C)C)c2)c1.[Pt]. The molecule has 11 rings (SSSR count). The summed E-state index contributed by atoms with van der Waals surface area (Å²) in [6.07, 6.45) is 1.93. The summed E-state index contributed by atoms with van der Waals surface area (Å²) in [4.78, 5) is 10.6. The number of aromatic nitrogens is 4. The zero-order valence-corrected chi connectivity index (χ0v) is 43.6. The van der Waals surface area contributed by atoms with E-state index in [-0.39, 0.29) is 43.1 Å². The Balaban J connectivity index is 0.00000567. The average Bonchev–Trinajstić information content (AvgIpc) is 3.89. The van der Waals surface area contributed by atoms with Gasteiger partial charge in [-0.25, -0.2) is 4.98 Å². The molecule has 0 aliphatic heterocycles.